The fraction of sp³-hybridized carbons (Fsp3) is 0.681. The molecule has 0 aromatic carbocycles. The van der Waals surface area contributed by atoms with Crippen LogP contribution in [-0.4, -0.2) is 216 Å². The van der Waals surface area contributed by atoms with Crippen LogP contribution in [0.4, 0.5) is 13.2 Å². The van der Waals surface area contributed by atoms with E-state index in [-0.39, 0.29) is 56.4 Å². The van der Waals surface area contributed by atoms with Gasteiger partial charge in [-0.1, -0.05) is 131 Å². The second-order valence-corrected chi connectivity index (χ2v) is 28.2. The number of ether oxygens (including phenoxy) is 4. The number of ketones is 1. The number of aliphatic hydroxyl groups excluding tert-OH is 10. The highest BCUT2D eigenvalue weighted by Crippen LogP contribution is 2.71. The molecule has 3 aliphatic heterocycles. The number of carboxylic acids is 1. The van der Waals surface area contributed by atoms with Crippen LogP contribution in [0.3, 0.4) is 0 Å². The molecule has 0 amide bonds. The highest BCUT2D eigenvalue weighted by atomic mass is 32.2. The second kappa shape index (κ2) is 34.0. The molecule has 534 valence electrons. The van der Waals surface area contributed by atoms with Crippen molar-refractivity contribution in [3.05, 3.63) is 109 Å². The summed E-state index contributed by atoms with van der Waals surface area (Å²) < 4.78 is 68.2. The monoisotopic (exact) mass is 1370 g/mol. The number of alkyl halides is 3. The quantitative estimate of drug-likeness (QED) is 0.172. The van der Waals surface area contributed by atoms with Gasteiger partial charge in [0.2, 0.25) is 5.12 Å². The summed E-state index contributed by atoms with van der Waals surface area (Å²) in [4.78, 5) is 49.7. The molecule has 3 saturated carbocycles. The average molecular weight is 1370 g/mol. The molecule has 0 aromatic heterocycles. The number of carbonyl (C=O) groups excluding carboxylic acids is 3. The largest absolute Gasteiger partial charge is 0.481 e. The summed E-state index contributed by atoms with van der Waals surface area (Å²) >= 11 is 0.371. The predicted octanol–water partition coefficient (Wildman–Crippen LogP) is 4.18. The molecule has 0 aromatic rings. The lowest BCUT2D eigenvalue weighted by Crippen LogP contribution is -2.70. The Kier molecular flexibility index (Phi) is 28.4. The zero-order chi connectivity index (χ0) is 70.7. The van der Waals surface area contributed by atoms with Gasteiger partial charge in [0.15, 0.2) is 23.5 Å². The minimum atomic E-state index is -2.33. The molecule has 7 aliphatic rings. The van der Waals surface area contributed by atoms with E-state index in [4.69, 9.17) is 24.7 Å². The van der Waals surface area contributed by atoms with E-state index in [1.54, 1.807) is 94.5 Å². The molecule has 28 atom stereocenters. The number of thioether (sulfide) groups is 1. The van der Waals surface area contributed by atoms with Gasteiger partial charge in [-0.2, -0.15) is 0 Å². The highest BCUT2D eigenvalue weighted by molar-refractivity contribution is 8.13. The molecule has 5 fully saturated rings. The van der Waals surface area contributed by atoms with Gasteiger partial charge in [-0.3, -0.25) is 19.2 Å². The van der Waals surface area contributed by atoms with Gasteiger partial charge >= 0.3 is 11.9 Å². The van der Waals surface area contributed by atoms with E-state index in [0.29, 0.717) is 11.8 Å². The molecule has 95 heavy (non-hydrogen) atoms. The Bertz CT molecular complexity index is 2890. The van der Waals surface area contributed by atoms with E-state index in [2.05, 4.69) is 0 Å². The maximum absolute atomic E-state index is 16.9. The summed E-state index contributed by atoms with van der Waals surface area (Å²) in [6, 6.07) is -2.14. The Hall–Kier alpha value is -4.56. The van der Waals surface area contributed by atoms with Gasteiger partial charge in [0, 0.05) is 54.3 Å². The Balaban J connectivity index is 0.000000392. The Morgan fingerprint density at radius 1 is 0.695 bits per heavy atom. The molecule has 26 heteroatoms. The van der Waals surface area contributed by atoms with Crippen LogP contribution in [-0.2, 0) is 38.1 Å². The van der Waals surface area contributed by atoms with Crippen LogP contribution in [0.2, 0.25) is 0 Å². The molecule has 7 rings (SSSR count). The van der Waals surface area contributed by atoms with Crippen molar-refractivity contribution in [1.82, 2.24) is 0 Å². The number of halogens is 3. The number of hydrogen-bond donors (Lipinski definition) is 14. The van der Waals surface area contributed by atoms with Crippen LogP contribution in [0.25, 0.3) is 0 Å². The van der Waals surface area contributed by atoms with E-state index in [1.807, 2.05) is 19.1 Å². The minimum absolute atomic E-state index is 0.0294. The molecule has 4 aliphatic carbocycles. The van der Waals surface area contributed by atoms with Gasteiger partial charge in [-0.05, 0) is 88.9 Å². The van der Waals surface area contributed by atoms with Crippen molar-refractivity contribution >= 4 is 34.6 Å². The first-order chi connectivity index (χ1) is 44.5. The molecule has 3 heterocycles. The van der Waals surface area contributed by atoms with Crippen molar-refractivity contribution in [1.29, 1.82) is 0 Å². The molecule has 2 bridgehead atoms. The van der Waals surface area contributed by atoms with Gasteiger partial charge in [-0.15, -0.1) is 0 Å². The van der Waals surface area contributed by atoms with Gasteiger partial charge in [0.25, 0.3) is 0 Å². The van der Waals surface area contributed by atoms with Crippen LogP contribution in [0.5, 0.6) is 0 Å². The number of aliphatic carboxylic acids is 1. The fourth-order valence-electron chi connectivity index (χ4n) is 15.1. The number of carboxylic acid groups (broad SMARTS) is 1. The van der Waals surface area contributed by atoms with Crippen molar-refractivity contribution in [2.45, 2.75) is 240 Å². The van der Waals surface area contributed by atoms with Crippen LogP contribution in [0, 0.1) is 46.3 Å². The summed E-state index contributed by atoms with van der Waals surface area (Å²) in [6.45, 7) is 11.5. The van der Waals surface area contributed by atoms with Crippen molar-refractivity contribution in [3.63, 3.8) is 0 Å². The minimum Gasteiger partial charge on any atom is -0.481 e. The number of aliphatic hydroxyl groups is 12. The van der Waals surface area contributed by atoms with Crippen LogP contribution in [0.1, 0.15) is 119 Å². The fourth-order valence-corrected chi connectivity index (χ4v) is 15.9. The van der Waals surface area contributed by atoms with Gasteiger partial charge in [0.1, 0.15) is 35.9 Å². The maximum Gasteiger partial charge on any atom is 0.311 e. The Morgan fingerprint density at radius 2 is 1.29 bits per heavy atom. The van der Waals surface area contributed by atoms with Gasteiger partial charge < -0.3 is 91.1 Å². The van der Waals surface area contributed by atoms with Crippen molar-refractivity contribution in [2.24, 2.45) is 52.1 Å². The molecule has 2 saturated heterocycles. The van der Waals surface area contributed by atoms with Crippen molar-refractivity contribution in [3.8, 4) is 0 Å². The van der Waals surface area contributed by atoms with E-state index in [9.17, 15) is 90.0 Å². The van der Waals surface area contributed by atoms with Crippen LogP contribution in [0.15, 0.2) is 109 Å². The number of fused-ring (bicyclic) bond motifs is 7. The maximum atomic E-state index is 16.9. The Labute approximate surface area is 557 Å². The summed E-state index contributed by atoms with van der Waals surface area (Å²) in [7, 11) is 0. The number of nitrogens with two attached hydrogens (primary N) is 1. The first kappa shape index (κ1) is 79.4. The van der Waals surface area contributed by atoms with Crippen LogP contribution >= 0.6 is 11.8 Å². The molecule has 0 radical (unpaired) electrons. The lowest BCUT2D eigenvalue weighted by Gasteiger charge is -2.63. The standard InChI is InChI=1S/C47H73NO17.C22H27F3O4S/c1-27-17-15-13-11-9-7-5-6-8-10-12-14-16-18-34(64-46-44(58)41(48)43(57)30(4)63-46)24-38-40(45(59)60)37(54)26-47(61,65-38)25-33(51)22-36(53)35(52)20-19-31(49)21-32(50)23-39(55)62-29(3)28(2)42(27)56;1-11-6-13-14-8-16(24)15-7-12(26)4-5-19(15,2)21(14,25)17(27)9-20(13,3)22(11,29)18(28)30-10-23/h5-18,27-38,40-44,46,49-54,56-58,61H,19-26,48H2,1-4H3,(H,59,60);4-5,7,11,13-14,16-17,27,29H,6,8-10H2,1-3H3/t27-,28-,29-,30+,31+,32+,33-,34-,35+,36+,37-,38-,40+,41-,42+,43+,44-,46-,47+;11-,13+,14+,16+,17+,19+,20+,21+,22+/m01/s1. The molecule has 0 spiro atoms. The first-order valence-corrected chi connectivity index (χ1v) is 33.6. The number of carbonyl (C=O) groups is 4. The zero-order valence-corrected chi connectivity index (χ0v) is 55.6. The lowest BCUT2D eigenvalue weighted by atomic mass is 9.44. The SMILES string of the molecule is C[C@@H]1C[C@H]2[C@@H]3C[C@H](F)C4=CC(=O)C=C[C@]4(C)[C@@]3(F)[C@@H](O)C[C@]2(C)[C@@]1(O)C(=O)SCF.C[C@@H]1[C@H](O)[C@@H](C)C=CC=CC=CC=CC=CC=CC=C[C@H](O[C@@H]2O[C@H](C)[C@@H](O)[C@H](N)[C@@H]2O)C[C@@H]2O[C@](O)(C[C@@H](O)C[C@@H](O)[C@H](O)CC[C@@H](O)C[C@@H](O)CC(=O)O[C@H]1C)C[C@H](O)[C@H]2C(=O)O. The van der Waals surface area contributed by atoms with Crippen molar-refractivity contribution < 1.29 is 118 Å². The van der Waals surface area contributed by atoms with Crippen LogP contribution < -0.4 is 5.73 Å². The van der Waals surface area contributed by atoms with Gasteiger partial charge in [-0.25, -0.2) is 13.2 Å². The third-order valence-electron chi connectivity index (χ3n) is 20.7. The number of hydrogen-bond acceptors (Lipinski definition) is 22. The molecule has 22 nitrogen and oxygen atoms in total. The summed E-state index contributed by atoms with van der Waals surface area (Å²) in [5, 5.41) is 140. The number of esters is 1. The van der Waals surface area contributed by atoms with Gasteiger partial charge in [0.05, 0.1) is 85.7 Å². The summed E-state index contributed by atoms with van der Waals surface area (Å²) in [5.74, 6) is -9.40. The van der Waals surface area contributed by atoms with Crippen molar-refractivity contribution in [2.75, 3.05) is 6.01 Å². The third kappa shape index (κ3) is 18.5. The smallest absolute Gasteiger partial charge is 0.311 e. The van der Waals surface area contributed by atoms with E-state index < -0.39 is 216 Å². The molecular formula is C69H100F3NO21S. The molecule has 15 N–H and O–H groups in total. The summed E-state index contributed by atoms with van der Waals surface area (Å²) in [5.41, 5.74) is -0.894. The number of cyclic esters (lactones) is 1. The molecular weight excluding hydrogens is 1270 g/mol. The third-order valence-corrected chi connectivity index (χ3v) is 21.4. The highest BCUT2D eigenvalue weighted by Gasteiger charge is 2.77. The first-order valence-electron chi connectivity index (χ1n) is 32.6. The summed E-state index contributed by atoms with van der Waals surface area (Å²) in [6.07, 6.45) is 3.77. The molecule has 0 unspecified atom stereocenters. The van der Waals surface area contributed by atoms with E-state index in [0.717, 1.165) is 6.08 Å². The Morgan fingerprint density at radius 3 is 1.89 bits per heavy atom. The van der Waals surface area contributed by atoms with E-state index in [1.165, 1.54) is 32.1 Å². The lowest BCUT2D eigenvalue weighted by molar-refractivity contribution is -0.308. The average Bonchev–Trinajstić information content (AvgIpc) is 1.63. The topological polar surface area (TPSA) is 394 Å². The second-order valence-electron chi connectivity index (χ2n) is 27.4. The predicted molar refractivity (Wildman–Crippen MR) is 344 cm³/mol. The normalized spacial score (nSPS) is 45.3. The van der Waals surface area contributed by atoms with E-state index >= 15 is 8.78 Å². The number of rotatable bonds is 5. The number of allylic oxidation sites excluding steroid dienone is 16. The zero-order valence-electron chi connectivity index (χ0n) is 54.8.